The van der Waals surface area contributed by atoms with Crippen molar-refractivity contribution in [3.63, 3.8) is 0 Å². The number of amides is 2. The Balaban J connectivity index is 1.94. The molecule has 0 spiro atoms. The van der Waals surface area contributed by atoms with Crippen molar-refractivity contribution >= 4 is 53.7 Å². The van der Waals surface area contributed by atoms with E-state index < -0.39 is 6.09 Å². The summed E-state index contributed by atoms with van der Waals surface area (Å²) < 4.78 is 5.84. The fourth-order valence-corrected chi connectivity index (χ4v) is 3.50. The Bertz CT molecular complexity index is 480. The molecule has 1 fully saturated rings. The van der Waals surface area contributed by atoms with Crippen molar-refractivity contribution in [3.05, 3.63) is 34.3 Å². The molecule has 0 N–H and O–H groups in total. The van der Waals surface area contributed by atoms with E-state index in [2.05, 4.69) is 15.9 Å². The monoisotopic (exact) mass is 504 g/mol. The van der Waals surface area contributed by atoms with Gasteiger partial charge in [-0.25, -0.2) is 0 Å². The van der Waals surface area contributed by atoms with E-state index in [4.69, 9.17) is 4.74 Å². The van der Waals surface area contributed by atoms with Gasteiger partial charge >= 0.3 is 130 Å². The van der Waals surface area contributed by atoms with Gasteiger partial charge in [-0.3, -0.25) is 0 Å². The average Bonchev–Trinajstić information content (AvgIpc) is 2.66. The second-order valence-electron chi connectivity index (χ2n) is 3.99. The molecule has 0 saturated carbocycles. The number of nitrogens with zero attached hydrogens (tertiary/aromatic N) is 1. The molecular formula is C12H11BrNO3Pb. The number of aryl methyl sites for hydroxylation is 1. The van der Waals surface area contributed by atoms with Crippen LogP contribution in [0.2, 0.25) is 0 Å². The molecular weight excluding hydrogens is 493 g/mol. The van der Waals surface area contributed by atoms with E-state index in [1.54, 1.807) is 0 Å². The van der Waals surface area contributed by atoms with Gasteiger partial charge in [0, 0.05) is 0 Å². The average molecular weight is 504 g/mol. The van der Waals surface area contributed by atoms with E-state index in [0.29, 0.717) is 19.4 Å². The van der Waals surface area contributed by atoms with Crippen LogP contribution in [0, 0.1) is 0 Å². The molecule has 6 heteroatoms. The second-order valence-corrected chi connectivity index (χ2v) is 7.49. The van der Waals surface area contributed by atoms with Crippen LogP contribution in [0.5, 0.6) is 0 Å². The van der Waals surface area contributed by atoms with Crippen molar-refractivity contribution in [2.75, 3.05) is 6.61 Å². The van der Waals surface area contributed by atoms with Crippen molar-refractivity contribution < 1.29 is 14.3 Å². The van der Waals surface area contributed by atoms with E-state index >= 15 is 0 Å². The minimum absolute atomic E-state index is 0.0208. The summed E-state index contributed by atoms with van der Waals surface area (Å²) in [5.41, 5.74) is 1.08. The number of hydrogen-bond acceptors (Lipinski definition) is 3. The molecule has 2 amide bonds. The second kappa shape index (κ2) is 6.14. The first-order valence-corrected chi connectivity index (χ1v) is 8.56. The normalized spacial score (nSPS) is 18.9. The topological polar surface area (TPSA) is 46.6 Å². The van der Waals surface area contributed by atoms with Gasteiger partial charge in [0.25, 0.3) is 0 Å². The molecule has 1 heterocycles. The molecule has 1 aliphatic rings. The zero-order valence-corrected chi connectivity index (χ0v) is 15.0. The molecule has 18 heavy (non-hydrogen) atoms. The van der Waals surface area contributed by atoms with Crippen LogP contribution in [0.4, 0.5) is 4.79 Å². The Morgan fingerprint density at radius 2 is 2.33 bits per heavy atom. The van der Waals surface area contributed by atoms with Gasteiger partial charge in [-0.2, -0.15) is 0 Å². The number of cyclic esters (lactones) is 1. The van der Waals surface area contributed by atoms with Crippen molar-refractivity contribution in [2.24, 2.45) is 0 Å². The van der Waals surface area contributed by atoms with Crippen LogP contribution in [0.3, 0.4) is 0 Å². The summed E-state index contributed by atoms with van der Waals surface area (Å²) >= 11 is 4.14. The Morgan fingerprint density at radius 3 is 2.94 bits per heavy atom. The maximum atomic E-state index is 12.0. The maximum absolute atomic E-state index is 12.0. The minimum atomic E-state index is -0.491. The van der Waals surface area contributed by atoms with Gasteiger partial charge in [0.1, 0.15) is 0 Å². The SMILES string of the molecule is O=C(CCc1cccc(Br)c1)N1C(=O)OC[CH]1[Pb]. The summed E-state index contributed by atoms with van der Waals surface area (Å²) in [4.78, 5) is 24.6. The number of hydrogen-bond donors (Lipinski definition) is 0. The molecule has 1 unspecified atom stereocenters. The van der Waals surface area contributed by atoms with Crippen LogP contribution in [0.15, 0.2) is 28.7 Å². The first kappa shape index (κ1) is 14.0. The molecule has 4 nitrogen and oxygen atoms in total. The molecule has 2 rings (SSSR count). The van der Waals surface area contributed by atoms with Gasteiger partial charge < -0.3 is 0 Å². The molecule has 1 saturated heterocycles. The zero-order valence-electron chi connectivity index (χ0n) is 9.56. The summed E-state index contributed by atoms with van der Waals surface area (Å²) in [6.45, 7) is 0.355. The van der Waals surface area contributed by atoms with Crippen LogP contribution < -0.4 is 0 Å². The third-order valence-electron chi connectivity index (χ3n) is 2.66. The molecule has 1 aliphatic heterocycles. The number of carbonyl (C=O) groups excluding carboxylic acids is 2. The van der Waals surface area contributed by atoms with Crippen molar-refractivity contribution in [3.8, 4) is 0 Å². The summed E-state index contributed by atoms with van der Waals surface area (Å²) in [5, 5.41) is 0. The molecule has 1 aromatic carbocycles. The predicted octanol–water partition coefficient (Wildman–Crippen LogP) is 1.86. The third-order valence-corrected chi connectivity index (χ3v) is 4.80. The number of carbonyl (C=O) groups is 2. The Morgan fingerprint density at radius 1 is 1.56 bits per heavy atom. The van der Waals surface area contributed by atoms with E-state index in [9.17, 15) is 9.59 Å². The third kappa shape index (κ3) is 3.31. The van der Waals surface area contributed by atoms with Crippen molar-refractivity contribution in [1.29, 1.82) is 0 Å². The van der Waals surface area contributed by atoms with Crippen LogP contribution >= 0.6 is 15.9 Å². The van der Waals surface area contributed by atoms with Crippen LogP contribution in [0.1, 0.15) is 12.0 Å². The molecule has 1 aromatic rings. The standard InChI is InChI=1S/C12H11BrNO3.Pb/c13-10-3-1-2-9(8-10)4-5-11(15)14-6-7-17-12(14)16;/h1-3,6,8H,4-5,7H2;. The van der Waals surface area contributed by atoms with E-state index in [-0.39, 0.29) is 9.51 Å². The van der Waals surface area contributed by atoms with E-state index in [1.807, 2.05) is 24.3 Å². The van der Waals surface area contributed by atoms with Gasteiger partial charge in [0.15, 0.2) is 0 Å². The predicted molar refractivity (Wildman–Crippen MR) is 70.2 cm³/mol. The van der Waals surface area contributed by atoms with Gasteiger partial charge in [-0.05, 0) is 0 Å². The number of imide groups is 1. The Kier molecular flexibility index (Phi) is 4.77. The zero-order chi connectivity index (χ0) is 13.1. The quantitative estimate of drug-likeness (QED) is 0.591. The first-order chi connectivity index (χ1) is 8.58. The van der Waals surface area contributed by atoms with Crippen LogP contribution in [-0.2, 0) is 16.0 Å². The number of benzene rings is 1. The number of ether oxygens (including phenoxy) is 1. The van der Waals surface area contributed by atoms with E-state index in [0.717, 1.165) is 35.8 Å². The molecule has 0 aliphatic carbocycles. The van der Waals surface area contributed by atoms with Gasteiger partial charge in [-0.15, -0.1) is 0 Å². The summed E-state index contributed by atoms with van der Waals surface area (Å²) in [6.07, 6.45) is 0.481. The van der Waals surface area contributed by atoms with Gasteiger partial charge in [-0.1, -0.05) is 0 Å². The molecule has 93 valence electrons. The fourth-order valence-electron chi connectivity index (χ4n) is 1.76. The van der Waals surface area contributed by atoms with Crippen LogP contribution in [-0.4, -0.2) is 52.9 Å². The number of halogens is 1. The van der Waals surface area contributed by atoms with Crippen molar-refractivity contribution in [1.82, 2.24) is 4.90 Å². The molecule has 0 bridgehead atoms. The summed E-state index contributed by atoms with van der Waals surface area (Å²) in [7, 11) is 0. The summed E-state index contributed by atoms with van der Waals surface area (Å²) in [6, 6.07) is 7.83. The Hall–Kier alpha value is -0.438. The fraction of sp³-hybridized carbons (Fsp3) is 0.333. The summed E-state index contributed by atoms with van der Waals surface area (Å²) in [5.74, 6) is -0.141. The molecule has 1 atom stereocenters. The Labute approximate surface area is 129 Å². The molecule has 0 aromatic heterocycles. The van der Waals surface area contributed by atoms with Crippen molar-refractivity contribution in [2.45, 2.75) is 16.4 Å². The number of rotatable bonds is 3. The van der Waals surface area contributed by atoms with Crippen LogP contribution in [0.25, 0.3) is 0 Å². The van der Waals surface area contributed by atoms with Gasteiger partial charge in [0.05, 0.1) is 0 Å². The van der Waals surface area contributed by atoms with Gasteiger partial charge in [0.2, 0.25) is 0 Å². The first-order valence-electron chi connectivity index (χ1n) is 5.52. The molecule has 3 radical (unpaired) electrons. The van der Waals surface area contributed by atoms with E-state index in [1.165, 1.54) is 4.90 Å².